The van der Waals surface area contributed by atoms with Crippen molar-refractivity contribution in [2.75, 3.05) is 12.0 Å². The maximum Gasteiger partial charge on any atom is 0.200 e. The summed E-state index contributed by atoms with van der Waals surface area (Å²) in [7, 11) is 0. The Morgan fingerprint density at radius 2 is 1.72 bits per heavy atom. The lowest BCUT2D eigenvalue weighted by Gasteiger charge is -2.10. The Bertz CT molecular complexity index is 900. The third kappa shape index (κ3) is 4.08. The van der Waals surface area contributed by atoms with Gasteiger partial charge >= 0.3 is 0 Å². The molecular weight excluding hydrogens is 316 g/mol. The Morgan fingerprint density at radius 1 is 1.00 bits per heavy atom. The van der Waals surface area contributed by atoms with Crippen LogP contribution in [0.15, 0.2) is 57.7 Å². The van der Waals surface area contributed by atoms with Crippen molar-refractivity contribution in [3.05, 3.63) is 75.4 Å². The highest BCUT2D eigenvalue weighted by Crippen LogP contribution is 2.20. The summed E-state index contributed by atoms with van der Waals surface area (Å²) in [5.74, 6) is 0.510. The van der Waals surface area contributed by atoms with Gasteiger partial charge in [-0.1, -0.05) is 36.4 Å². The molecule has 2 aromatic carbocycles. The van der Waals surface area contributed by atoms with Crippen LogP contribution in [0, 0.1) is 6.92 Å². The van der Waals surface area contributed by atoms with Gasteiger partial charge in [0, 0.05) is 6.54 Å². The number of halogens is 1. The normalized spacial score (nSPS) is 11.0. The van der Waals surface area contributed by atoms with E-state index in [0.717, 1.165) is 18.4 Å². The molecule has 4 heteroatoms. The van der Waals surface area contributed by atoms with E-state index in [-0.39, 0.29) is 12.1 Å². The number of fused-ring (bicyclic) bond motifs is 1. The van der Waals surface area contributed by atoms with E-state index in [1.165, 1.54) is 5.56 Å². The molecule has 0 aliphatic rings. The maximum absolute atomic E-state index is 12.4. The van der Waals surface area contributed by atoms with Crippen molar-refractivity contribution >= 4 is 16.9 Å². The van der Waals surface area contributed by atoms with Crippen molar-refractivity contribution in [1.29, 1.82) is 0 Å². The van der Waals surface area contributed by atoms with E-state index >= 15 is 0 Å². The molecule has 1 N–H and O–H groups in total. The van der Waals surface area contributed by atoms with Gasteiger partial charge in [-0.2, -0.15) is 0 Å². The van der Waals surface area contributed by atoms with Crippen LogP contribution in [0.5, 0.6) is 0 Å². The van der Waals surface area contributed by atoms with E-state index in [9.17, 15) is 9.18 Å². The van der Waals surface area contributed by atoms with Crippen molar-refractivity contribution in [3.63, 3.8) is 0 Å². The van der Waals surface area contributed by atoms with Gasteiger partial charge in [-0.05, 0) is 49.4 Å². The molecule has 0 atom stereocenters. The zero-order valence-corrected chi connectivity index (χ0v) is 14.3. The van der Waals surface area contributed by atoms with Gasteiger partial charge in [0.2, 0.25) is 5.88 Å². The van der Waals surface area contributed by atoms with E-state index in [1.807, 2.05) is 24.3 Å². The number of aryl methyl sites for hydroxylation is 1. The third-order valence-electron chi connectivity index (χ3n) is 4.35. The van der Waals surface area contributed by atoms with E-state index < -0.39 is 0 Å². The molecule has 130 valence electrons. The Labute approximate surface area is 146 Å². The highest BCUT2D eigenvalue weighted by atomic mass is 18.2. The second-order valence-corrected chi connectivity index (χ2v) is 6.20. The first-order chi connectivity index (χ1) is 12.2. The van der Waals surface area contributed by atoms with Gasteiger partial charge < -0.3 is 9.73 Å². The van der Waals surface area contributed by atoms with Crippen molar-refractivity contribution in [2.45, 2.75) is 32.7 Å². The molecule has 1 aromatic heterocycles. The number of rotatable bonds is 7. The number of nitrogens with one attached hydrogen (secondary N) is 1. The average molecular weight is 338 g/mol. The van der Waals surface area contributed by atoms with E-state index in [0.29, 0.717) is 35.4 Å². The lowest BCUT2D eigenvalue weighted by Crippen LogP contribution is -2.10. The Kier molecular flexibility index (Phi) is 5.49. The molecule has 0 amide bonds. The monoisotopic (exact) mass is 338 g/mol. The van der Waals surface area contributed by atoms with Crippen LogP contribution in [-0.4, -0.2) is 6.67 Å². The fourth-order valence-electron chi connectivity index (χ4n) is 2.83. The summed E-state index contributed by atoms with van der Waals surface area (Å²) >= 11 is 0. The summed E-state index contributed by atoms with van der Waals surface area (Å²) < 4.78 is 18.0. The number of unbranched alkanes of at least 4 members (excludes halogenated alkanes) is 1. The number of hydrogen-bond donors (Lipinski definition) is 1. The number of alkyl halides is 1. The zero-order chi connectivity index (χ0) is 17.6. The number of para-hydroxylation sites is 1. The van der Waals surface area contributed by atoms with Crippen molar-refractivity contribution in [3.8, 4) is 0 Å². The summed E-state index contributed by atoms with van der Waals surface area (Å²) in [6.45, 7) is 2.10. The van der Waals surface area contributed by atoms with Gasteiger partial charge in [0.05, 0.1) is 17.6 Å². The van der Waals surface area contributed by atoms with Gasteiger partial charge in [-0.15, -0.1) is 0 Å². The predicted molar refractivity (Wildman–Crippen MR) is 99.9 cm³/mol. The smallest absolute Gasteiger partial charge is 0.200 e. The molecule has 0 aliphatic heterocycles. The number of hydrogen-bond acceptors (Lipinski definition) is 3. The zero-order valence-electron chi connectivity index (χ0n) is 14.3. The third-order valence-corrected chi connectivity index (χ3v) is 4.35. The second-order valence-electron chi connectivity index (χ2n) is 6.20. The van der Waals surface area contributed by atoms with Crippen molar-refractivity contribution < 1.29 is 8.81 Å². The number of benzene rings is 2. The molecule has 3 rings (SSSR count). The Hall–Kier alpha value is -2.62. The van der Waals surface area contributed by atoms with Gasteiger partial charge in [0.15, 0.2) is 5.43 Å². The molecule has 1 heterocycles. The molecule has 25 heavy (non-hydrogen) atoms. The first-order valence-corrected chi connectivity index (χ1v) is 8.59. The molecule has 0 fully saturated rings. The fourth-order valence-corrected chi connectivity index (χ4v) is 2.83. The van der Waals surface area contributed by atoms with Gasteiger partial charge in [0.1, 0.15) is 5.58 Å². The fraction of sp³-hybridized carbons (Fsp3) is 0.286. The van der Waals surface area contributed by atoms with Gasteiger partial charge in [-0.3, -0.25) is 9.18 Å². The first kappa shape index (κ1) is 17.2. The van der Waals surface area contributed by atoms with Crippen LogP contribution < -0.4 is 10.7 Å². The number of anilines is 1. The molecule has 0 unspecified atom stereocenters. The van der Waals surface area contributed by atoms with Crippen LogP contribution >= 0.6 is 0 Å². The Balaban J connectivity index is 1.70. The largest absolute Gasteiger partial charge is 0.440 e. The minimum absolute atomic E-state index is 0.00689. The second kappa shape index (κ2) is 7.97. The molecule has 0 saturated carbocycles. The summed E-state index contributed by atoms with van der Waals surface area (Å²) in [5.41, 5.74) is 3.48. The lowest BCUT2D eigenvalue weighted by molar-refractivity contribution is 0.462. The molecule has 0 spiro atoms. The molecule has 0 aliphatic carbocycles. The molecule has 0 saturated heterocycles. The molecule has 0 bridgehead atoms. The summed E-state index contributed by atoms with van der Waals surface area (Å²) in [5, 5.41) is 3.82. The summed E-state index contributed by atoms with van der Waals surface area (Å²) in [4.78, 5) is 12.4. The lowest BCUT2D eigenvalue weighted by atomic mass is 10.1. The first-order valence-electron chi connectivity index (χ1n) is 8.59. The van der Waals surface area contributed by atoms with E-state index in [4.69, 9.17) is 4.42 Å². The van der Waals surface area contributed by atoms with Crippen LogP contribution in [0.25, 0.3) is 11.0 Å². The van der Waals surface area contributed by atoms with Crippen LogP contribution in [0.3, 0.4) is 0 Å². The van der Waals surface area contributed by atoms with E-state index in [1.54, 1.807) is 19.1 Å². The topological polar surface area (TPSA) is 42.2 Å². The SMILES string of the molecule is Cc1c(NCc2ccc(CCCC[18F])cc2)oc2ccccc2c1=O. The average Bonchev–Trinajstić information content (AvgIpc) is 2.65. The molecule has 3 aromatic rings. The molecular formula is C21H22FNO2. The Morgan fingerprint density at radius 3 is 2.48 bits per heavy atom. The van der Waals surface area contributed by atoms with Crippen molar-refractivity contribution in [2.24, 2.45) is 0 Å². The molecule has 0 radical (unpaired) electrons. The summed E-state index contributed by atoms with van der Waals surface area (Å²) in [6.07, 6.45) is 2.38. The van der Waals surface area contributed by atoms with Crippen molar-refractivity contribution in [1.82, 2.24) is 0 Å². The highest BCUT2D eigenvalue weighted by Gasteiger charge is 2.10. The minimum atomic E-state index is -0.252. The molecule has 3 nitrogen and oxygen atoms in total. The summed E-state index contributed by atoms with van der Waals surface area (Å²) in [6, 6.07) is 15.5. The maximum atomic E-state index is 12.4. The van der Waals surface area contributed by atoms with E-state index in [2.05, 4.69) is 17.4 Å². The van der Waals surface area contributed by atoms with Gasteiger partial charge in [0.25, 0.3) is 0 Å². The van der Waals surface area contributed by atoms with Crippen LogP contribution in [-0.2, 0) is 13.0 Å². The quantitative estimate of drug-likeness (QED) is 0.616. The van der Waals surface area contributed by atoms with Crippen LogP contribution in [0.4, 0.5) is 10.3 Å². The highest BCUT2D eigenvalue weighted by molar-refractivity contribution is 5.78. The minimum Gasteiger partial charge on any atom is -0.440 e. The standard InChI is InChI=1S/C21H22FNO2/c1-15-20(24)18-7-2-3-8-19(18)25-21(15)23-14-17-11-9-16(10-12-17)6-4-5-13-22/h2-3,7-12,23H,4-6,13-14H2,1H3/i22-1. The predicted octanol–water partition coefficient (Wildman–Crippen LogP) is 5.01. The van der Waals surface area contributed by atoms with Gasteiger partial charge in [-0.25, -0.2) is 0 Å². The van der Waals surface area contributed by atoms with Crippen LogP contribution in [0.1, 0.15) is 29.5 Å². The van der Waals surface area contributed by atoms with Crippen LogP contribution in [0.2, 0.25) is 0 Å².